The zero-order chi connectivity index (χ0) is 17.4. The first-order valence-electron chi connectivity index (χ1n) is 8.16. The molecule has 0 unspecified atom stereocenters. The number of imidazole rings is 1. The standard InChI is InChI=1S/C17H18N6OS/c1-10-15(25-9-20-10)17(24)23-6-3-12(8-23)13-7-14(22-11(2)21-13)16-18-4-5-19-16/h4-5,7,9,12H,3,6,8H2,1-2H3,(H,18,19)/t12-/m0/s1. The number of aromatic nitrogens is 5. The number of carbonyl (C=O) groups excluding carboxylic acids is 1. The van der Waals surface area contributed by atoms with Gasteiger partial charge >= 0.3 is 0 Å². The Morgan fingerprint density at radius 3 is 2.92 bits per heavy atom. The van der Waals surface area contributed by atoms with E-state index in [1.807, 2.05) is 24.8 Å². The van der Waals surface area contributed by atoms with E-state index >= 15 is 0 Å². The van der Waals surface area contributed by atoms with E-state index in [2.05, 4.69) is 24.9 Å². The third-order valence-electron chi connectivity index (χ3n) is 4.43. The van der Waals surface area contributed by atoms with Crippen molar-refractivity contribution >= 4 is 17.2 Å². The summed E-state index contributed by atoms with van der Waals surface area (Å²) in [6, 6.07) is 1.97. The van der Waals surface area contributed by atoms with Crippen LogP contribution in [0.2, 0.25) is 0 Å². The lowest BCUT2D eigenvalue weighted by atomic mass is 10.0. The van der Waals surface area contributed by atoms with Crippen LogP contribution in [0.3, 0.4) is 0 Å². The lowest BCUT2D eigenvalue weighted by Gasteiger charge is -2.16. The number of likely N-dealkylation sites (tertiary alicyclic amines) is 1. The number of hydrogen-bond donors (Lipinski definition) is 1. The summed E-state index contributed by atoms with van der Waals surface area (Å²) in [5.74, 6) is 1.73. The molecule has 0 bridgehead atoms. The molecule has 0 aliphatic carbocycles. The Kier molecular flexibility index (Phi) is 4.04. The highest BCUT2D eigenvalue weighted by Gasteiger charge is 2.30. The molecule has 3 aromatic heterocycles. The first-order chi connectivity index (χ1) is 12.1. The second-order valence-corrected chi connectivity index (χ2v) is 7.02. The maximum Gasteiger partial charge on any atom is 0.265 e. The molecule has 4 heterocycles. The van der Waals surface area contributed by atoms with Crippen molar-refractivity contribution in [1.82, 2.24) is 29.8 Å². The number of nitrogens with zero attached hydrogens (tertiary/aromatic N) is 5. The van der Waals surface area contributed by atoms with Crippen molar-refractivity contribution in [1.29, 1.82) is 0 Å². The van der Waals surface area contributed by atoms with Gasteiger partial charge in [0.25, 0.3) is 5.91 Å². The van der Waals surface area contributed by atoms with E-state index in [0.717, 1.165) is 40.7 Å². The molecule has 25 heavy (non-hydrogen) atoms. The highest BCUT2D eigenvalue weighted by Crippen LogP contribution is 2.29. The second kappa shape index (κ2) is 6.36. The largest absolute Gasteiger partial charge is 0.343 e. The third kappa shape index (κ3) is 3.05. The Morgan fingerprint density at radius 2 is 2.20 bits per heavy atom. The van der Waals surface area contributed by atoms with Crippen molar-refractivity contribution in [3.05, 3.63) is 46.1 Å². The average Bonchev–Trinajstić information content (AvgIpc) is 3.35. The molecule has 0 spiro atoms. The van der Waals surface area contributed by atoms with E-state index in [1.54, 1.807) is 17.9 Å². The summed E-state index contributed by atoms with van der Waals surface area (Å²) in [6.45, 7) is 5.17. The third-order valence-corrected chi connectivity index (χ3v) is 5.35. The van der Waals surface area contributed by atoms with Crippen molar-refractivity contribution in [2.24, 2.45) is 0 Å². The van der Waals surface area contributed by atoms with Gasteiger partial charge < -0.3 is 9.88 Å². The normalized spacial score (nSPS) is 17.2. The van der Waals surface area contributed by atoms with Gasteiger partial charge in [-0.25, -0.2) is 19.9 Å². The predicted octanol–water partition coefficient (Wildman–Crippen LogP) is 2.57. The average molecular weight is 354 g/mol. The van der Waals surface area contributed by atoms with Gasteiger partial charge in [-0.1, -0.05) is 0 Å². The lowest BCUT2D eigenvalue weighted by Crippen LogP contribution is -2.28. The molecular weight excluding hydrogens is 336 g/mol. The fourth-order valence-corrected chi connectivity index (χ4v) is 3.93. The van der Waals surface area contributed by atoms with Gasteiger partial charge in [0, 0.05) is 37.1 Å². The van der Waals surface area contributed by atoms with Gasteiger partial charge in [-0.05, 0) is 26.3 Å². The summed E-state index contributed by atoms with van der Waals surface area (Å²) in [6.07, 6.45) is 4.39. The van der Waals surface area contributed by atoms with Crippen molar-refractivity contribution in [2.45, 2.75) is 26.2 Å². The van der Waals surface area contributed by atoms with Gasteiger partial charge in [-0.3, -0.25) is 4.79 Å². The molecular formula is C17H18N6OS. The highest BCUT2D eigenvalue weighted by atomic mass is 32.1. The highest BCUT2D eigenvalue weighted by molar-refractivity contribution is 7.11. The predicted molar refractivity (Wildman–Crippen MR) is 94.5 cm³/mol. The first kappa shape index (κ1) is 15.9. The van der Waals surface area contributed by atoms with E-state index in [1.165, 1.54) is 11.3 Å². The number of aromatic amines is 1. The maximum atomic E-state index is 12.7. The molecule has 1 aliphatic heterocycles. The Hall–Kier alpha value is -2.61. The molecule has 8 heteroatoms. The molecule has 7 nitrogen and oxygen atoms in total. The number of thiazole rings is 1. The topological polar surface area (TPSA) is 87.7 Å². The number of hydrogen-bond acceptors (Lipinski definition) is 6. The number of H-pyrrole nitrogens is 1. The van der Waals surface area contributed by atoms with Crippen LogP contribution in [0, 0.1) is 13.8 Å². The fraction of sp³-hybridized carbons (Fsp3) is 0.353. The quantitative estimate of drug-likeness (QED) is 0.781. The number of nitrogens with one attached hydrogen (secondary N) is 1. The fourth-order valence-electron chi connectivity index (χ4n) is 3.16. The molecule has 4 rings (SSSR count). The number of aryl methyl sites for hydroxylation is 2. The zero-order valence-corrected chi connectivity index (χ0v) is 14.9. The van der Waals surface area contributed by atoms with Crippen LogP contribution in [0.5, 0.6) is 0 Å². The van der Waals surface area contributed by atoms with Crippen LogP contribution >= 0.6 is 11.3 Å². The van der Waals surface area contributed by atoms with Gasteiger partial charge in [-0.2, -0.15) is 0 Å². The molecule has 128 valence electrons. The summed E-state index contributed by atoms with van der Waals surface area (Å²) in [5, 5.41) is 0. The van der Waals surface area contributed by atoms with Crippen LogP contribution in [-0.2, 0) is 0 Å². The lowest BCUT2D eigenvalue weighted by molar-refractivity contribution is 0.0794. The van der Waals surface area contributed by atoms with E-state index in [9.17, 15) is 4.79 Å². The minimum Gasteiger partial charge on any atom is -0.343 e. The summed E-state index contributed by atoms with van der Waals surface area (Å²) < 4.78 is 0. The Labute approximate surface area is 149 Å². The molecule has 1 aliphatic rings. The van der Waals surface area contributed by atoms with Gasteiger partial charge in [-0.15, -0.1) is 11.3 Å². The number of amides is 1. The minimum atomic E-state index is 0.0690. The summed E-state index contributed by atoms with van der Waals surface area (Å²) >= 11 is 1.40. The molecule has 3 aromatic rings. The molecule has 0 aromatic carbocycles. The van der Waals surface area contributed by atoms with E-state index < -0.39 is 0 Å². The van der Waals surface area contributed by atoms with Crippen LogP contribution in [0.4, 0.5) is 0 Å². The molecule has 1 saturated heterocycles. The maximum absolute atomic E-state index is 12.7. The first-order valence-corrected chi connectivity index (χ1v) is 9.04. The van der Waals surface area contributed by atoms with Gasteiger partial charge in [0.05, 0.1) is 11.2 Å². The molecule has 0 radical (unpaired) electrons. The van der Waals surface area contributed by atoms with Crippen molar-refractivity contribution in [3.63, 3.8) is 0 Å². The van der Waals surface area contributed by atoms with Gasteiger partial charge in [0.1, 0.15) is 16.4 Å². The second-order valence-electron chi connectivity index (χ2n) is 6.17. The molecule has 1 fully saturated rings. The smallest absolute Gasteiger partial charge is 0.265 e. The van der Waals surface area contributed by atoms with Crippen molar-refractivity contribution in [2.75, 3.05) is 13.1 Å². The minimum absolute atomic E-state index is 0.0690. The Bertz CT molecular complexity index is 904. The van der Waals surface area contributed by atoms with Crippen LogP contribution in [0.1, 0.15) is 39.2 Å². The van der Waals surface area contributed by atoms with Crippen LogP contribution in [-0.4, -0.2) is 48.8 Å². The van der Waals surface area contributed by atoms with Gasteiger partial charge in [0.15, 0.2) is 5.82 Å². The summed E-state index contributed by atoms with van der Waals surface area (Å²) in [4.78, 5) is 35.9. The van der Waals surface area contributed by atoms with Crippen LogP contribution < -0.4 is 0 Å². The monoisotopic (exact) mass is 354 g/mol. The Balaban J connectivity index is 1.56. The molecule has 0 saturated carbocycles. The SMILES string of the molecule is Cc1nc(-c2ncc[nH]2)cc([C@H]2CCN(C(=O)c3scnc3C)C2)n1. The van der Waals surface area contributed by atoms with Gasteiger partial charge in [0.2, 0.25) is 0 Å². The van der Waals surface area contributed by atoms with Crippen LogP contribution in [0.25, 0.3) is 11.5 Å². The van der Waals surface area contributed by atoms with Crippen LogP contribution in [0.15, 0.2) is 24.0 Å². The van der Waals surface area contributed by atoms with Crippen molar-refractivity contribution in [3.8, 4) is 11.5 Å². The molecule has 1 atom stereocenters. The molecule has 1 amide bonds. The number of carbonyl (C=O) groups is 1. The zero-order valence-electron chi connectivity index (χ0n) is 14.1. The summed E-state index contributed by atoms with van der Waals surface area (Å²) in [5.41, 5.74) is 4.28. The van der Waals surface area contributed by atoms with Crippen molar-refractivity contribution < 1.29 is 4.79 Å². The van der Waals surface area contributed by atoms with E-state index in [4.69, 9.17) is 0 Å². The van der Waals surface area contributed by atoms with E-state index in [0.29, 0.717) is 12.4 Å². The summed E-state index contributed by atoms with van der Waals surface area (Å²) in [7, 11) is 0. The molecule has 1 N–H and O–H groups in total. The number of rotatable bonds is 3. The Morgan fingerprint density at radius 1 is 1.32 bits per heavy atom. The van der Waals surface area contributed by atoms with E-state index in [-0.39, 0.29) is 11.8 Å².